The Kier molecular flexibility index (Phi) is 6.28. The van der Waals surface area contributed by atoms with E-state index in [9.17, 15) is 9.59 Å². The van der Waals surface area contributed by atoms with Gasteiger partial charge < -0.3 is 15.0 Å². The van der Waals surface area contributed by atoms with Crippen molar-refractivity contribution in [3.63, 3.8) is 0 Å². The number of carbonyl (C=O) groups excluding carboxylic acids is 2. The van der Waals surface area contributed by atoms with Crippen molar-refractivity contribution in [1.82, 2.24) is 25.0 Å². The van der Waals surface area contributed by atoms with Crippen LogP contribution in [-0.2, 0) is 17.9 Å². The molecule has 35 heavy (non-hydrogen) atoms. The first-order valence-corrected chi connectivity index (χ1v) is 12.2. The number of hydrogen-bond donors (Lipinski definition) is 1. The molecule has 5 rings (SSSR count). The predicted molar refractivity (Wildman–Crippen MR) is 132 cm³/mol. The summed E-state index contributed by atoms with van der Waals surface area (Å²) >= 11 is 0. The SMILES string of the molecule is COc1ccc(-c2cc3n(n2)CC(C)(C(=O)NC2CCCCC2)N(Cc2ccccn2)C3=O)cc1. The summed E-state index contributed by atoms with van der Waals surface area (Å²) in [5.74, 6) is 0.388. The zero-order chi connectivity index (χ0) is 24.4. The first kappa shape index (κ1) is 23.1. The molecule has 0 bridgehead atoms. The van der Waals surface area contributed by atoms with Crippen molar-refractivity contribution in [2.75, 3.05) is 7.11 Å². The van der Waals surface area contributed by atoms with E-state index >= 15 is 0 Å². The third-order valence-corrected chi connectivity index (χ3v) is 7.16. The second kappa shape index (κ2) is 9.52. The molecule has 2 aliphatic rings. The summed E-state index contributed by atoms with van der Waals surface area (Å²) in [6, 6.07) is 15.1. The second-order valence-corrected chi connectivity index (χ2v) is 9.60. The Morgan fingerprint density at radius 3 is 2.60 bits per heavy atom. The lowest BCUT2D eigenvalue weighted by Crippen LogP contribution is -2.64. The lowest BCUT2D eigenvalue weighted by molar-refractivity contribution is -0.134. The first-order valence-electron chi connectivity index (χ1n) is 12.2. The van der Waals surface area contributed by atoms with Crippen LogP contribution in [0, 0.1) is 0 Å². The zero-order valence-electron chi connectivity index (χ0n) is 20.2. The fraction of sp³-hybridized carbons (Fsp3) is 0.407. The molecule has 8 nitrogen and oxygen atoms in total. The van der Waals surface area contributed by atoms with Crippen LogP contribution in [0.25, 0.3) is 11.3 Å². The predicted octanol–water partition coefficient (Wildman–Crippen LogP) is 3.82. The molecule has 1 fully saturated rings. The summed E-state index contributed by atoms with van der Waals surface area (Å²) in [4.78, 5) is 33.6. The summed E-state index contributed by atoms with van der Waals surface area (Å²) in [6.07, 6.45) is 7.10. The van der Waals surface area contributed by atoms with Gasteiger partial charge in [-0.1, -0.05) is 25.3 Å². The Balaban J connectivity index is 1.49. The van der Waals surface area contributed by atoms with Gasteiger partial charge in [0.15, 0.2) is 0 Å². The third kappa shape index (κ3) is 4.52. The quantitative estimate of drug-likeness (QED) is 0.588. The van der Waals surface area contributed by atoms with Crippen molar-refractivity contribution in [2.45, 2.75) is 63.7 Å². The van der Waals surface area contributed by atoms with Crippen LogP contribution in [0.2, 0.25) is 0 Å². The van der Waals surface area contributed by atoms with Gasteiger partial charge in [0.2, 0.25) is 5.91 Å². The van der Waals surface area contributed by atoms with Crippen molar-refractivity contribution in [3.8, 4) is 17.0 Å². The van der Waals surface area contributed by atoms with Gasteiger partial charge in [-0.2, -0.15) is 5.10 Å². The van der Waals surface area contributed by atoms with Gasteiger partial charge in [0.05, 0.1) is 31.6 Å². The fourth-order valence-electron chi connectivity index (χ4n) is 5.03. The lowest BCUT2D eigenvalue weighted by atomic mass is 9.91. The number of carbonyl (C=O) groups is 2. The number of pyridine rings is 1. The van der Waals surface area contributed by atoms with E-state index in [1.54, 1.807) is 29.0 Å². The van der Waals surface area contributed by atoms with Gasteiger partial charge in [-0.3, -0.25) is 19.3 Å². The number of nitrogens with one attached hydrogen (secondary N) is 1. The highest BCUT2D eigenvalue weighted by Gasteiger charge is 2.48. The van der Waals surface area contributed by atoms with Crippen molar-refractivity contribution in [2.24, 2.45) is 0 Å². The molecular formula is C27H31N5O3. The Labute approximate surface area is 205 Å². The van der Waals surface area contributed by atoms with Gasteiger partial charge in [-0.05, 0) is 62.2 Å². The topological polar surface area (TPSA) is 89.3 Å². The average molecular weight is 474 g/mol. The van der Waals surface area contributed by atoms with Crippen LogP contribution in [0.3, 0.4) is 0 Å². The minimum absolute atomic E-state index is 0.138. The number of hydrogen-bond acceptors (Lipinski definition) is 5. The summed E-state index contributed by atoms with van der Waals surface area (Å²) in [6.45, 7) is 2.36. The second-order valence-electron chi connectivity index (χ2n) is 9.60. The Morgan fingerprint density at radius 1 is 1.14 bits per heavy atom. The van der Waals surface area contributed by atoms with Crippen LogP contribution in [0.15, 0.2) is 54.7 Å². The van der Waals surface area contributed by atoms with E-state index in [-0.39, 0.29) is 30.9 Å². The van der Waals surface area contributed by atoms with Gasteiger partial charge in [-0.15, -0.1) is 0 Å². The highest BCUT2D eigenvalue weighted by atomic mass is 16.5. The standard InChI is InChI=1S/C27H31N5O3/c1-27(26(34)29-20-8-4-3-5-9-20)18-32-24(25(33)31(27)17-21-10-6-7-15-28-21)16-23(30-32)19-11-13-22(35-2)14-12-19/h6-7,10-16,20H,3-5,8-9,17-18H2,1-2H3,(H,29,34). The van der Waals surface area contributed by atoms with E-state index in [0.29, 0.717) is 11.4 Å². The number of amides is 2. The molecule has 1 aliphatic heterocycles. The van der Waals surface area contributed by atoms with Gasteiger partial charge in [-0.25, -0.2) is 0 Å². The van der Waals surface area contributed by atoms with Crippen molar-refractivity contribution < 1.29 is 14.3 Å². The lowest BCUT2D eigenvalue weighted by Gasteiger charge is -2.43. The normalized spacial score (nSPS) is 20.4. The highest BCUT2D eigenvalue weighted by molar-refractivity contribution is 6.00. The maximum Gasteiger partial charge on any atom is 0.273 e. The van der Waals surface area contributed by atoms with Gasteiger partial charge in [0.25, 0.3) is 5.91 Å². The van der Waals surface area contributed by atoms with E-state index in [2.05, 4.69) is 10.3 Å². The van der Waals surface area contributed by atoms with Crippen molar-refractivity contribution >= 4 is 11.8 Å². The minimum Gasteiger partial charge on any atom is -0.497 e. The fourth-order valence-corrected chi connectivity index (χ4v) is 5.03. The molecule has 8 heteroatoms. The summed E-state index contributed by atoms with van der Waals surface area (Å²) in [5.41, 5.74) is 1.67. The molecule has 0 spiro atoms. The van der Waals surface area contributed by atoms with E-state index in [1.165, 1.54) is 6.42 Å². The molecule has 3 heterocycles. The van der Waals surface area contributed by atoms with Crippen LogP contribution < -0.4 is 10.1 Å². The van der Waals surface area contributed by atoms with Crippen LogP contribution in [-0.4, -0.2) is 50.2 Å². The number of ether oxygens (including phenoxy) is 1. The maximum atomic E-state index is 13.8. The highest BCUT2D eigenvalue weighted by Crippen LogP contribution is 2.32. The monoisotopic (exact) mass is 473 g/mol. The van der Waals surface area contributed by atoms with E-state index in [0.717, 1.165) is 42.7 Å². The molecule has 1 aromatic carbocycles. The third-order valence-electron chi connectivity index (χ3n) is 7.16. The molecule has 1 unspecified atom stereocenters. The Bertz CT molecular complexity index is 1200. The number of aromatic nitrogens is 3. The molecule has 1 atom stereocenters. The van der Waals surface area contributed by atoms with E-state index in [4.69, 9.17) is 9.84 Å². The van der Waals surface area contributed by atoms with Crippen LogP contribution in [0.1, 0.15) is 55.2 Å². The van der Waals surface area contributed by atoms with Crippen molar-refractivity contribution in [3.05, 3.63) is 66.1 Å². The number of fused-ring (bicyclic) bond motifs is 1. The van der Waals surface area contributed by atoms with Crippen LogP contribution >= 0.6 is 0 Å². The summed E-state index contributed by atoms with van der Waals surface area (Å²) in [7, 11) is 1.62. The molecule has 1 aliphatic carbocycles. The van der Waals surface area contributed by atoms with Crippen LogP contribution in [0.5, 0.6) is 5.75 Å². The minimum atomic E-state index is -1.09. The Morgan fingerprint density at radius 2 is 1.91 bits per heavy atom. The summed E-state index contributed by atoms with van der Waals surface area (Å²) < 4.78 is 6.93. The molecule has 1 saturated carbocycles. The Hall–Kier alpha value is -3.68. The zero-order valence-corrected chi connectivity index (χ0v) is 20.2. The number of benzene rings is 1. The molecule has 2 aromatic heterocycles. The summed E-state index contributed by atoms with van der Waals surface area (Å²) in [5, 5.41) is 7.96. The van der Waals surface area contributed by atoms with Gasteiger partial charge in [0, 0.05) is 17.8 Å². The van der Waals surface area contributed by atoms with E-state index < -0.39 is 5.54 Å². The van der Waals surface area contributed by atoms with Gasteiger partial charge >= 0.3 is 0 Å². The van der Waals surface area contributed by atoms with Crippen LogP contribution in [0.4, 0.5) is 0 Å². The molecule has 2 amide bonds. The first-order chi connectivity index (χ1) is 17.0. The molecule has 0 saturated heterocycles. The molecular weight excluding hydrogens is 442 g/mol. The molecule has 182 valence electrons. The van der Waals surface area contributed by atoms with E-state index in [1.807, 2.05) is 49.4 Å². The largest absolute Gasteiger partial charge is 0.497 e. The maximum absolute atomic E-state index is 13.8. The number of methoxy groups -OCH3 is 1. The number of rotatable bonds is 6. The number of nitrogens with zero attached hydrogens (tertiary/aromatic N) is 4. The van der Waals surface area contributed by atoms with Crippen molar-refractivity contribution in [1.29, 1.82) is 0 Å². The molecule has 3 aromatic rings. The van der Waals surface area contributed by atoms with Gasteiger partial charge in [0.1, 0.15) is 17.0 Å². The average Bonchev–Trinajstić information content (AvgIpc) is 3.31. The molecule has 1 N–H and O–H groups in total. The smallest absolute Gasteiger partial charge is 0.273 e. The molecule has 0 radical (unpaired) electrons.